The van der Waals surface area contributed by atoms with Crippen molar-refractivity contribution in [1.82, 2.24) is 15.0 Å². The van der Waals surface area contributed by atoms with Crippen LogP contribution in [-0.4, -0.2) is 19.9 Å². The Labute approximate surface area is 127 Å². The van der Waals surface area contributed by atoms with Gasteiger partial charge in [0.15, 0.2) is 0 Å². The van der Waals surface area contributed by atoms with Gasteiger partial charge in [0.25, 0.3) is 0 Å². The molecule has 0 fully saturated rings. The second-order valence-electron chi connectivity index (χ2n) is 4.24. The second kappa shape index (κ2) is 6.77. The van der Waals surface area contributed by atoms with Crippen molar-refractivity contribution in [3.63, 3.8) is 0 Å². The zero-order valence-corrected chi connectivity index (χ0v) is 13.8. The molecule has 2 aromatic rings. The van der Waals surface area contributed by atoms with Gasteiger partial charge in [-0.3, -0.25) is 0 Å². The average molecular weight is 331 g/mol. The maximum Gasteiger partial charge on any atom is 0.241 e. The number of hydrogen-bond donors (Lipinski definition) is 2. The molecule has 0 aliphatic heterocycles. The Morgan fingerprint density at radius 1 is 1.25 bits per heavy atom. The molecule has 5 nitrogen and oxygen atoms in total. The van der Waals surface area contributed by atoms with Crippen LogP contribution in [0, 0.1) is 6.92 Å². The first-order chi connectivity index (χ1) is 9.51. The van der Waals surface area contributed by atoms with Crippen LogP contribution in [0.15, 0.2) is 21.7 Å². The summed E-state index contributed by atoms with van der Waals surface area (Å²) >= 11 is 2.90. The van der Waals surface area contributed by atoms with Crippen LogP contribution >= 0.6 is 22.7 Å². The fourth-order valence-electron chi connectivity index (χ4n) is 1.57. The van der Waals surface area contributed by atoms with E-state index < -0.39 is 10.0 Å². The Bertz CT molecular complexity index is 661. The van der Waals surface area contributed by atoms with Crippen molar-refractivity contribution < 1.29 is 8.42 Å². The number of thiazole rings is 1. The largest absolute Gasteiger partial charge is 0.312 e. The fourth-order valence-corrected chi connectivity index (χ4v) is 4.60. The molecule has 0 saturated carbocycles. The molecule has 0 saturated heterocycles. The number of thiophene rings is 1. The average Bonchev–Trinajstić information content (AvgIpc) is 3.03. The van der Waals surface area contributed by atoms with Crippen molar-refractivity contribution in [2.45, 2.75) is 31.8 Å². The summed E-state index contributed by atoms with van der Waals surface area (Å²) in [6, 6.07) is 1.71. The maximum atomic E-state index is 12.2. The minimum atomic E-state index is -3.45. The first-order valence-electron chi connectivity index (χ1n) is 6.20. The standard InChI is InChI=1S/C12H17N3O2S3/c1-3-13-5-10-4-11(8-18-10)20(16,17)14-6-12-15-9(2)7-19-12/h4,7-8,13-14H,3,5-6H2,1-2H3. The van der Waals surface area contributed by atoms with E-state index in [1.54, 1.807) is 11.4 Å². The summed E-state index contributed by atoms with van der Waals surface area (Å²) in [5, 5.41) is 7.52. The molecule has 20 heavy (non-hydrogen) atoms. The minimum Gasteiger partial charge on any atom is -0.312 e. The van der Waals surface area contributed by atoms with Gasteiger partial charge in [0.2, 0.25) is 10.0 Å². The molecule has 0 radical (unpaired) electrons. The highest BCUT2D eigenvalue weighted by Gasteiger charge is 2.16. The minimum absolute atomic E-state index is 0.235. The molecule has 2 heterocycles. The molecule has 2 N–H and O–H groups in total. The summed E-state index contributed by atoms with van der Waals surface area (Å²) in [7, 11) is -3.45. The topological polar surface area (TPSA) is 71.1 Å². The summed E-state index contributed by atoms with van der Waals surface area (Å²) < 4.78 is 26.9. The molecule has 0 bridgehead atoms. The van der Waals surface area contributed by atoms with Gasteiger partial charge in [0.1, 0.15) is 5.01 Å². The zero-order chi connectivity index (χ0) is 14.6. The van der Waals surface area contributed by atoms with E-state index in [9.17, 15) is 8.42 Å². The van der Waals surface area contributed by atoms with Crippen molar-refractivity contribution in [1.29, 1.82) is 0 Å². The molecular weight excluding hydrogens is 314 g/mol. The monoisotopic (exact) mass is 331 g/mol. The summed E-state index contributed by atoms with van der Waals surface area (Å²) in [5.41, 5.74) is 0.910. The van der Waals surface area contributed by atoms with Gasteiger partial charge in [-0.2, -0.15) is 0 Å². The SMILES string of the molecule is CCNCc1cc(S(=O)(=O)NCc2nc(C)cs2)cs1. The van der Waals surface area contributed by atoms with Crippen LogP contribution < -0.4 is 10.0 Å². The first kappa shape index (κ1) is 15.6. The van der Waals surface area contributed by atoms with E-state index >= 15 is 0 Å². The van der Waals surface area contributed by atoms with Crippen molar-refractivity contribution in [2.24, 2.45) is 0 Å². The Morgan fingerprint density at radius 3 is 2.70 bits per heavy atom. The Balaban J connectivity index is 2.00. The molecule has 0 atom stereocenters. The van der Waals surface area contributed by atoms with Crippen LogP contribution in [0.1, 0.15) is 22.5 Å². The molecule has 0 aliphatic rings. The highest BCUT2D eigenvalue weighted by Crippen LogP contribution is 2.19. The van der Waals surface area contributed by atoms with Gasteiger partial charge in [0, 0.05) is 27.9 Å². The number of nitrogens with one attached hydrogen (secondary N) is 2. The highest BCUT2D eigenvalue weighted by atomic mass is 32.2. The molecule has 8 heteroatoms. The third-order valence-corrected chi connectivity index (χ3v) is 6.00. The summed E-state index contributed by atoms with van der Waals surface area (Å²) in [6.07, 6.45) is 0. The van der Waals surface area contributed by atoms with Crippen LogP contribution in [0.3, 0.4) is 0 Å². The van der Waals surface area contributed by atoms with E-state index in [1.165, 1.54) is 22.7 Å². The van der Waals surface area contributed by atoms with Crippen LogP contribution in [-0.2, 0) is 23.1 Å². The number of rotatable bonds is 7. The van der Waals surface area contributed by atoms with Crippen molar-refractivity contribution in [3.8, 4) is 0 Å². The number of aryl methyl sites for hydroxylation is 1. The zero-order valence-electron chi connectivity index (χ0n) is 11.3. The van der Waals surface area contributed by atoms with E-state index in [2.05, 4.69) is 15.0 Å². The van der Waals surface area contributed by atoms with Gasteiger partial charge < -0.3 is 5.32 Å². The van der Waals surface area contributed by atoms with Gasteiger partial charge in [-0.1, -0.05) is 6.92 Å². The molecule has 0 amide bonds. The third-order valence-electron chi connectivity index (χ3n) is 2.57. The van der Waals surface area contributed by atoms with E-state index in [4.69, 9.17) is 0 Å². The van der Waals surface area contributed by atoms with Gasteiger partial charge in [0.05, 0.1) is 11.4 Å². The molecule has 0 unspecified atom stereocenters. The third kappa shape index (κ3) is 4.10. The predicted octanol–water partition coefficient (Wildman–Crippen LogP) is 2.10. The van der Waals surface area contributed by atoms with Gasteiger partial charge >= 0.3 is 0 Å². The molecule has 2 aromatic heterocycles. The van der Waals surface area contributed by atoms with Crippen molar-refractivity contribution in [2.75, 3.05) is 6.54 Å². The molecule has 0 aromatic carbocycles. The number of aromatic nitrogens is 1. The molecule has 0 aliphatic carbocycles. The molecular formula is C12H17N3O2S3. The fraction of sp³-hybridized carbons (Fsp3) is 0.417. The van der Waals surface area contributed by atoms with Crippen LogP contribution in [0.25, 0.3) is 0 Å². The summed E-state index contributed by atoms with van der Waals surface area (Å²) in [6.45, 7) is 5.70. The molecule has 0 spiro atoms. The lowest BCUT2D eigenvalue weighted by Gasteiger charge is -2.02. The van der Waals surface area contributed by atoms with Gasteiger partial charge in [-0.25, -0.2) is 18.1 Å². The lowest BCUT2D eigenvalue weighted by molar-refractivity contribution is 0.581. The van der Waals surface area contributed by atoms with Gasteiger partial charge in [-0.05, 0) is 19.5 Å². The second-order valence-corrected chi connectivity index (χ2v) is 7.94. The van der Waals surface area contributed by atoms with E-state index in [0.717, 1.165) is 22.1 Å². The first-order valence-corrected chi connectivity index (χ1v) is 9.44. The van der Waals surface area contributed by atoms with Crippen LogP contribution in [0.2, 0.25) is 0 Å². The van der Waals surface area contributed by atoms with Crippen LogP contribution in [0.4, 0.5) is 0 Å². The number of sulfonamides is 1. The van der Waals surface area contributed by atoms with Crippen molar-refractivity contribution >= 4 is 32.7 Å². The number of nitrogens with zero attached hydrogens (tertiary/aromatic N) is 1. The molecule has 110 valence electrons. The quantitative estimate of drug-likeness (QED) is 0.815. The van der Waals surface area contributed by atoms with E-state index in [1.807, 2.05) is 19.2 Å². The smallest absolute Gasteiger partial charge is 0.241 e. The Hall–Kier alpha value is -0.800. The highest BCUT2D eigenvalue weighted by molar-refractivity contribution is 7.89. The van der Waals surface area contributed by atoms with Gasteiger partial charge in [-0.15, -0.1) is 22.7 Å². The molecule has 2 rings (SSSR count). The number of hydrogen-bond acceptors (Lipinski definition) is 6. The lowest BCUT2D eigenvalue weighted by atomic mass is 10.4. The normalized spacial score (nSPS) is 11.9. The van der Waals surface area contributed by atoms with E-state index in [0.29, 0.717) is 11.4 Å². The predicted molar refractivity (Wildman–Crippen MR) is 82.6 cm³/mol. The van der Waals surface area contributed by atoms with Crippen molar-refractivity contribution in [3.05, 3.63) is 32.4 Å². The summed E-state index contributed by atoms with van der Waals surface area (Å²) in [4.78, 5) is 5.57. The van der Waals surface area contributed by atoms with E-state index in [-0.39, 0.29) is 6.54 Å². The van der Waals surface area contributed by atoms with Crippen LogP contribution in [0.5, 0.6) is 0 Å². The Morgan fingerprint density at radius 2 is 2.05 bits per heavy atom. The summed E-state index contributed by atoms with van der Waals surface area (Å²) in [5.74, 6) is 0. The lowest BCUT2D eigenvalue weighted by Crippen LogP contribution is -2.22. The maximum absolute atomic E-state index is 12.2. The Kier molecular flexibility index (Phi) is 5.28.